The summed E-state index contributed by atoms with van der Waals surface area (Å²) in [7, 11) is 0. The molecule has 0 aliphatic rings. The average molecular weight is 242 g/mol. The standard InChI is InChI=1S/C15H34N2/c1-6-7-8-10-15(4,5)13-16-11-9-12-17-14(2)3/h14,16-17H,6-13H2,1-5H3. The molecule has 0 aromatic rings. The van der Waals surface area contributed by atoms with E-state index in [0.717, 1.165) is 19.6 Å². The maximum Gasteiger partial charge on any atom is 0.00103 e. The Bertz CT molecular complexity index is 164. The normalized spacial score (nSPS) is 12.4. The molecule has 0 bridgehead atoms. The minimum atomic E-state index is 0.459. The van der Waals surface area contributed by atoms with Crippen LogP contribution in [0.15, 0.2) is 0 Å². The molecule has 0 radical (unpaired) electrons. The van der Waals surface area contributed by atoms with Crippen LogP contribution in [0.5, 0.6) is 0 Å². The lowest BCUT2D eigenvalue weighted by atomic mass is 9.87. The maximum atomic E-state index is 3.59. The van der Waals surface area contributed by atoms with Gasteiger partial charge in [0.15, 0.2) is 0 Å². The SMILES string of the molecule is CCCCCC(C)(C)CNCCCNC(C)C. The highest BCUT2D eigenvalue weighted by molar-refractivity contribution is 4.71. The quantitative estimate of drug-likeness (QED) is 0.541. The Morgan fingerprint density at radius 2 is 1.71 bits per heavy atom. The van der Waals surface area contributed by atoms with E-state index in [-0.39, 0.29) is 0 Å². The molecule has 104 valence electrons. The Morgan fingerprint density at radius 1 is 1.00 bits per heavy atom. The molecule has 2 N–H and O–H groups in total. The summed E-state index contributed by atoms with van der Waals surface area (Å²) in [5.74, 6) is 0. The van der Waals surface area contributed by atoms with E-state index in [1.165, 1.54) is 32.1 Å². The van der Waals surface area contributed by atoms with Crippen molar-refractivity contribution >= 4 is 0 Å². The third-order valence-electron chi connectivity index (χ3n) is 3.14. The first-order valence-corrected chi connectivity index (χ1v) is 7.42. The van der Waals surface area contributed by atoms with E-state index in [0.29, 0.717) is 11.5 Å². The highest BCUT2D eigenvalue weighted by Crippen LogP contribution is 2.22. The predicted molar refractivity (Wildman–Crippen MR) is 78.5 cm³/mol. The van der Waals surface area contributed by atoms with E-state index in [2.05, 4.69) is 45.3 Å². The summed E-state index contributed by atoms with van der Waals surface area (Å²) in [6.07, 6.45) is 6.65. The zero-order chi connectivity index (χ0) is 13.1. The van der Waals surface area contributed by atoms with E-state index in [1.54, 1.807) is 0 Å². The van der Waals surface area contributed by atoms with E-state index in [9.17, 15) is 0 Å². The summed E-state index contributed by atoms with van der Waals surface area (Å²) in [6, 6.07) is 0.612. The first-order valence-electron chi connectivity index (χ1n) is 7.42. The van der Waals surface area contributed by atoms with Crippen LogP contribution in [0.25, 0.3) is 0 Å². The number of rotatable bonds is 11. The van der Waals surface area contributed by atoms with Crippen LogP contribution in [-0.4, -0.2) is 25.7 Å². The molecule has 0 saturated heterocycles. The predicted octanol–water partition coefficient (Wildman–Crippen LogP) is 3.57. The van der Waals surface area contributed by atoms with E-state index in [1.807, 2.05) is 0 Å². The summed E-state index contributed by atoms with van der Waals surface area (Å²) in [6.45, 7) is 14.8. The number of nitrogens with one attached hydrogen (secondary N) is 2. The Morgan fingerprint density at radius 3 is 2.29 bits per heavy atom. The molecule has 0 atom stereocenters. The molecular formula is C15H34N2. The molecule has 0 rings (SSSR count). The van der Waals surface area contributed by atoms with Crippen molar-refractivity contribution in [3.05, 3.63) is 0 Å². The third-order valence-corrected chi connectivity index (χ3v) is 3.14. The van der Waals surface area contributed by atoms with E-state index < -0.39 is 0 Å². The minimum Gasteiger partial charge on any atom is -0.316 e. The molecular weight excluding hydrogens is 208 g/mol. The van der Waals surface area contributed by atoms with Crippen molar-refractivity contribution in [2.75, 3.05) is 19.6 Å². The lowest BCUT2D eigenvalue weighted by Crippen LogP contribution is -2.32. The Kier molecular flexibility index (Phi) is 9.85. The zero-order valence-electron chi connectivity index (χ0n) is 12.7. The van der Waals surface area contributed by atoms with Crippen LogP contribution in [0.3, 0.4) is 0 Å². The van der Waals surface area contributed by atoms with Gasteiger partial charge in [-0.3, -0.25) is 0 Å². The van der Waals surface area contributed by atoms with Gasteiger partial charge in [-0.2, -0.15) is 0 Å². The molecule has 0 heterocycles. The third kappa shape index (κ3) is 12.2. The van der Waals surface area contributed by atoms with Gasteiger partial charge in [-0.15, -0.1) is 0 Å². The van der Waals surface area contributed by atoms with Gasteiger partial charge in [0.1, 0.15) is 0 Å². The summed E-state index contributed by atoms with van der Waals surface area (Å²) in [5, 5.41) is 7.03. The molecule has 0 aliphatic carbocycles. The van der Waals surface area contributed by atoms with Gasteiger partial charge in [-0.1, -0.05) is 53.9 Å². The molecule has 0 aliphatic heterocycles. The second kappa shape index (κ2) is 9.90. The van der Waals surface area contributed by atoms with Crippen molar-refractivity contribution in [1.29, 1.82) is 0 Å². The van der Waals surface area contributed by atoms with E-state index >= 15 is 0 Å². The molecule has 0 fully saturated rings. The second-order valence-corrected chi connectivity index (χ2v) is 6.26. The molecule has 0 saturated carbocycles. The van der Waals surface area contributed by atoms with Gasteiger partial charge in [0.2, 0.25) is 0 Å². The van der Waals surface area contributed by atoms with Gasteiger partial charge in [0.05, 0.1) is 0 Å². The van der Waals surface area contributed by atoms with Crippen LogP contribution in [0, 0.1) is 5.41 Å². The lowest BCUT2D eigenvalue weighted by Gasteiger charge is -2.25. The van der Waals surface area contributed by atoms with Crippen molar-refractivity contribution in [3.8, 4) is 0 Å². The zero-order valence-corrected chi connectivity index (χ0v) is 12.7. The summed E-state index contributed by atoms with van der Waals surface area (Å²) in [5.41, 5.74) is 0.459. The van der Waals surface area contributed by atoms with Crippen LogP contribution >= 0.6 is 0 Å². The van der Waals surface area contributed by atoms with Crippen LogP contribution in [0.2, 0.25) is 0 Å². The largest absolute Gasteiger partial charge is 0.316 e. The van der Waals surface area contributed by atoms with Crippen molar-refractivity contribution in [2.24, 2.45) is 5.41 Å². The monoisotopic (exact) mass is 242 g/mol. The Balaban J connectivity index is 3.38. The van der Waals surface area contributed by atoms with Crippen molar-refractivity contribution in [1.82, 2.24) is 10.6 Å². The van der Waals surface area contributed by atoms with Gasteiger partial charge >= 0.3 is 0 Å². The van der Waals surface area contributed by atoms with Gasteiger partial charge < -0.3 is 10.6 Å². The molecule has 0 aromatic carbocycles. The van der Waals surface area contributed by atoms with Gasteiger partial charge in [0.25, 0.3) is 0 Å². The lowest BCUT2D eigenvalue weighted by molar-refractivity contribution is 0.302. The van der Waals surface area contributed by atoms with Crippen molar-refractivity contribution in [3.63, 3.8) is 0 Å². The van der Waals surface area contributed by atoms with Gasteiger partial charge in [-0.25, -0.2) is 0 Å². The van der Waals surface area contributed by atoms with Crippen LogP contribution in [0.4, 0.5) is 0 Å². The molecule has 0 aromatic heterocycles. The molecule has 0 amide bonds. The first kappa shape index (κ1) is 16.9. The van der Waals surface area contributed by atoms with Gasteiger partial charge in [0, 0.05) is 12.6 Å². The highest BCUT2D eigenvalue weighted by Gasteiger charge is 2.16. The molecule has 2 heteroatoms. The number of hydrogen-bond donors (Lipinski definition) is 2. The van der Waals surface area contributed by atoms with Crippen molar-refractivity contribution in [2.45, 2.75) is 72.8 Å². The van der Waals surface area contributed by atoms with Gasteiger partial charge in [-0.05, 0) is 31.3 Å². The smallest absolute Gasteiger partial charge is 0.00103 e. The summed E-state index contributed by atoms with van der Waals surface area (Å²) in [4.78, 5) is 0. The Labute approximate surface area is 109 Å². The number of hydrogen-bond acceptors (Lipinski definition) is 2. The fourth-order valence-electron chi connectivity index (χ4n) is 1.97. The first-order chi connectivity index (χ1) is 7.98. The van der Waals surface area contributed by atoms with Crippen LogP contribution in [0.1, 0.15) is 66.7 Å². The fourth-order valence-corrected chi connectivity index (χ4v) is 1.97. The second-order valence-electron chi connectivity index (χ2n) is 6.26. The molecule has 0 unspecified atom stereocenters. The molecule has 17 heavy (non-hydrogen) atoms. The number of unbranched alkanes of at least 4 members (excludes halogenated alkanes) is 2. The maximum absolute atomic E-state index is 3.59. The minimum absolute atomic E-state index is 0.459. The molecule has 0 spiro atoms. The summed E-state index contributed by atoms with van der Waals surface area (Å²) < 4.78 is 0. The fraction of sp³-hybridized carbons (Fsp3) is 1.00. The van der Waals surface area contributed by atoms with E-state index in [4.69, 9.17) is 0 Å². The topological polar surface area (TPSA) is 24.1 Å². The highest BCUT2D eigenvalue weighted by atomic mass is 14.9. The van der Waals surface area contributed by atoms with Crippen molar-refractivity contribution < 1.29 is 0 Å². The summed E-state index contributed by atoms with van der Waals surface area (Å²) >= 11 is 0. The van der Waals surface area contributed by atoms with Crippen LogP contribution in [-0.2, 0) is 0 Å². The molecule has 2 nitrogen and oxygen atoms in total. The van der Waals surface area contributed by atoms with Crippen LogP contribution < -0.4 is 10.6 Å². The Hall–Kier alpha value is -0.0800. The average Bonchev–Trinajstić information content (AvgIpc) is 2.23.